The van der Waals surface area contributed by atoms with Crippen LogP contribution in [0.3, 0.4) is 0 Å². The second-order valence-corrected chi connectivity index (χ2v) is 36.0. The Morgan fingerprint density at radius 3 is 0.736 bits per heavy atom. The van der Waals surface area contributed by atoms with Crippen LogP contribution in [0.4, 0.5) is 0 Å². The van der Waals surface area contributed by atoms with Crippen molar-refractivity contribution >= 4 is 118 Å². The number of fused-ring (bicyclic) bond motifs is 11. The van der Waals surface area contributed by atoms with E-state index in [1.54, 1.807) is 0 Å². The number of rotatable bonds is 13. The molecular formula is C140H92. The molecule has 0 saturated heterocycles. The van der Waals surface area contributed by atoms with Crippen LogP contribution in [0.1, 0.15) is 12.3 Å². The van der Waals surface area contributed by atoms with E-state index in [2.05, 4.69) is 425 Å². The third kappa shape index (κ3) is 15.5. The van der Waals surface area contributed by atoms with Gasteiger partial charge in [-0.25, -0.2) is 0 Å². The molecule has 0 bridgehead atoms. The van der Waals surface area contributed by atoms with E-state index >= 15 is 0 Å². The average Bonchev–Trinajstić information content (AvgIpc) is 0.716. The first-order valence-corrected chi connectivity index (χ1v) is 47.7. The van der Waals surface area contributed by atoms with Gasteiger partial charge in [0, 0.05) is 0 Å². The van der Waals surface area contributed by atoms with E-state index < -0.39 is 48.3 Å². The maximum absolute atomic E-state index is 9.31. The van der Waals surface area contributed by atoms with Crippen molar-refractivity contribution in [3.05, 3.63) is 558 Å². The van der Waals surface area contributed by atoms with E-state index in [9.17, 15) is 1.37 Å². The van der Waals surface area contributed by atoms with Crippen molar-refractivity contribution < 1.29 is 12.3 Å². The van der Waals surface area contributed by atoms with Crippen molar-refractivity contribution in [2.45, 2.75) is 0 Å². The molecule has 0 spiro atoms. The molecule has 0 saturated carbocycles. The molecule has 0 aliphatic heterocycles. The highest BCUT2D eigenvalue weighted by molar-refractivity contribution is 6.29. The molecule has 652 valence electrons. The molecule has 27 aromatic carbocycles. The van der Waals surface area contributed by atoms with Crippen LogP contribution in [-0.2, 0) is 0 Å². The Balaban J connectivity index is 0.000000116. The van der Waals surface area contributed by atoms with Gasteiger partial charge in [0.15, 0.2) is 0 Å². The van der Waals surface area contributed by atoms with Gasteiger partial charge in [-0.15, -0.1) is 0 Å². The Bertz CT molecular complexity index is 9970. The number of benzene rings is 27. The molecule has 0 amide bonds. The lowest BCUT2D eigenvalue weighted by Gasteiger charge is -2.21. The van der Waals surface area contributed by atoms with Gasteiger partial charge in [0.05, 0.1) is 12.3 Å². The van der Waals surface area contributed by atoms with Gasteiger partial charge in [-0.2, -0.15) is 0 Å². The van der Waals surface area contributed by atoms with E-state index in [1.165, 1.54) is 186 Å². The Morgan fingerprint density at radius 2 is 0.343 bits per heavy atom. The highest BCUT2D eigenvalue weighted by Crippen LogP contribution is 2.53. The van der Waals surface area contributed by atoms with Crippen LogP contribution in [0.15, 0.2) is 558 Å². The minimum Gasteiger partial charge on any atom is -0.0622 e. The van der Waals surface area contributed by atoms with Gasteiger partial charge in [0.25, 0.3) is 0 Å². The van der Waals surface area contributed by atoms with E-state index in [1.807, 2.05) is 78.9 Å². The van der Waals surface area contributed by atoms with Crippen molar-refractivity contribution in [1.82, 2.24) is 0 Å². The second-order valence-electron chi connectivity index (χ2n) is 36.0. The van der Waals surface area contributed by atoms with Gasteiger partial charge >= 0.3 is 0 Å². The Labute approximate surface area is 827 Å². The summed E-state index contributed by atoms with van der Waals surface area (Å²) in [5.41, 5.74) is 26.5. The number of hydrogen-bond donors (Lipinski definition) is 0. The minimum absolute atomic E-state index is 0.0707. The zero-order chi connectivity index (χ0) is 101. The monoisotopic (exact) mass is 1780 g/mol. The van der Waals surface area contributed by atoms with E-state index in [-0.39, 0.29) is 22.7 Å². The van der Waals surface area contributed by atoms with Gasteiger partial charge in [-0.1, -0.05) is 497 Å². The van der Waals surface area contributed by atoms with Crippen LogP contribution in [0, 0.1) is 0 Å². The maximum Gasteiger partial charge on any atom is 0.0629 e. The van der Waals surface area contributed by atoms with Crippen LogP contribution in [0.2, 0.25) is 0 Å². The fourth-order valence-electron chi connectivity index (χ4n) is 21.4. The summed E-state index contributed by atoms with van der Waals surface area (Å²) in [5, 5.41) is 25.2. The van der Waals surface area contributed by atoms with Crippen LogP contribution >= 0.6 is 0 Å². The minimum atomic E-state index is -0.584. The highest BCUT2D eigenvalue weighted by atomic mass is 14.3. The van der Waals surface area contributed by atoms with Crippen molar-refractivity contribution in [1.29, 1.82) is 0 Å². The first-order valence-electron chi connectivity index (χ1n) is 52.2. The Morgan fingerprint density at radius 1 is 0.100 bits per heavy atom. The molecule has 0 aliphatic rings. The molecule has 0 nitrogen and oxygen atoms in total. The van der Waals surface area contributed by atoms with Crippen LogP contribution in [0.25, 0.3) is 263 Å². The zero-order valence-electron chi connectivity index (χ0n) is 85.4. The summed E-state index contributed by atoms with van der Waals surface area (Å²) in [6.07, 6.45) is 0. The van der Waals surface area contributed by atoms with Gasteiger partial charge in [0.2, 0.25) is 0 Å². The summed E-state index contributed by atoms with van der Waals surface area (Å²) >= 11 is 0. The molecule has 0 heterocycles. The smallest absolute Gasteiger partial charge is 0.0622 e. The van der Waals surface area contributed by atoms with Crippen molar-refractivity contribution in [2.75, 3.05) is 0 Å². The molecular weight excluding hydrogens is 1680 g/mol. The van der Waals surface area contributed by atoms with E-state index in [0.29, 0.717) is 16.3 Å². The topological polar surface area (TPSA) is 0 Å². The van der Waals surface area contributed by atoms with Crippen LogP contribution < -0.4 is 0 Å². The molecule has 0 radical (unpaired) electrons. The fourth-order valence-corrected chi connectivity index (χ4v) is 21.4. The fraction of sp³-hybridized carbons (Fsp3) is 0. The predicted octanol–water partition coefficient (Wildman–Crippen LogP) is 39.4. The summed E-state index contributed by atoms with van der Waals surface area (Å²) in [7, 11) is 0. The molecule has 27 rings (SSSR count). The summed E-state index contributed by atoms with van der Waals surface area (Å²) in [6, 6.07) is 176. The SMILES string of the molecule is [2H]c1c([2H])c([2H])c(-c2c([2H])c([2H])c([2H])c([2H])c2-c2c3ccccc3c(-c3cc(-c4ccccc4)cc4ccccc34)c3ccccc23)c([2H])c1[2H].c1ccc(-c2cc(-c3c4ccccc4c(-c4ccc5ccccc5c4)c4cc(-c5ccccc5)ccc34)c3ccccc3c2)cc1.c1ccc(-c2ccc3c(-c4c5ccc(-c6ccccc6)cc5c(-c5ccc6ccccc6c5)c5ccc(-c6ccccc6)cc45)cccc3c2)cc1. The third-order valence-electron chi connectivity index (χ3n) is 27.9. The van der Waals surface area contributed by atoms with Crippen molar-refractivity contribution in [2.24, 2.45) is 0 Å². The molecule has 0 heteroatoms. The Kier molecular flexibility index (Phi) is 19.4. The largest absolute Gasteiger partial charge is 0.0629 e. The molecule has 0 unspecified atom stereocenters. The maximum atomic E-state index is 9.31. The summed E-state index contributed by atoms with van der Waals surface area (Å²) in [4.78, 5) is 0. The summed E-state index contributed by atoms with van der Waals surface area (Å²) in [5.74, 6) is 0. The average molecular weight is 1780 g/mol. The van der Waals surface area contributed by atoms with E-state index in [4.69, 9.17) is 11.0 Å². The molecule has 0 fully saturated rings. The number of hydrogen-bond acceptors (Lipinski definition) is 0. The highest BCUT2D eigenvalue weighted by Gasteiger charge is 2.26. The quantitative estimate of drug-likeness (QED) is 0.101. The molecule has 140 heavy (non-hydrogen) atoms. The van der Waals surface area contributed by atoms with Crippen LogP contribution in [0.5, 0.6) is 0 Å². The van der Waals surface area contributed by atoms with Crippen molar-refractivity contribution in [3.8, 4) is 145 Å². The standard InChI is InChI=1S/C52H34.C46H30.C42H28/c1-4-13-35(14-5-1)40-25-28-45-43(31-40)21-12-22-46(45)52-48-30-27-41(36-15-6-2-7-16-36)33-49(48)51(44-24-23-38-19-10-11-20-39(38)32-44)47-29-26-42(34-50(47)52)37-17-8-3-9-18-37;1-3-13-31(14-4-1)35-25-26-42-44(29-35)45(37-24-23-33-17-7-8-18-34(33)27-37)40-21-11-12-22-41(40)46(42)43-30-38(32-15-5-2-6-16-32)28-36-19-9-10-20-39(36)43;1-3-15-29(16-4-1)32-27-31-19-7-8-21-34(31)40(28-32)42-38-25-13-11-23-36(38)41(37-24-12-14-26-39(37)42)35-22-10-9-20-33(35)30-17-5-2-6-18-30/h1-34H;1-30H;1-28H/i;;2D,5D,6D,9D,10D,17D,18D,20D,22D. The van der Waals surface area contributed by atoms with Gasteiger partial charge in [-0.05, 0) is 324 Å². The third-order valence-corrected chi connectivity index (χ3v) is 27.9. The van der Waals surface area contributed by atoms with Crippen molar-refractivity contribution in [3.63, 3.8) is 0 Å². The van der Waals surface area contributed by atoms with Gasteiger partial charge in [-0.3, -0.25) is 0 Å². The lowest BCUT2D eigenvalue weighted by molar-refractivity contribution is 1.60. The van der Waals surface area contributed by atoms with Crippen LogP contribution in [-0.4, -0.2) is 0 Å². The van der Waals surface area contributed by atoms with E-state index in [0.717, 1.165) is 43.8 Å². The molecule has 0 aliphatic carbocycles. The summed E-state index contributed by atoms with van der Waals surface area (Å²) < 4.78 is 78.5. The summed E-state index contributed by atoms with van der Waals surface area (Å²) in [6.45, 7) is 0. The second kappa shape index (κ2) is 36.5. The molecule has 0 aromatic heterocycles. The zero-order valence-corrected chi connectivity index (χ0v) is 76.4. The molecule has 0 atom stereocenters. The molecule has 27 aromatic rings. The molecule has 0 N–H and O–H groups in total. The first kappa shape index (κ1) is 74.2. The first-order chi connectivity index (χ1) is 73.2. The lowest BCUT2D eigenvalue weighted by atomic mass is 9.82. The lowest BCUT2D eigenvalue weighted by Crippen LogP contribution is -1.93. The van der Waals surface area contributed by atoms with Gasteiger partial charge in [0.1, 0.15) is 0 Å². The predicted molar refractivity (Wildman–Crippen MR) is 603 cm³/mol. The van der Waals surface area contributed by atoms with Gasteiger partial charge < -0.3 is 0 Å². The normalized spacial score (nSPS) is 12.3. The Hall–Kier alpha value is -18.2.